The molecule has 1 aromatic carbocycles. The normalized spacial score (nSPS) is 36.1. The molecule has 0 heterocycles. The number of hydrogen-bond donors (Lipinski definition) is 3. The molecule has 0 spiro atoms. The predicted octanol–water partition coefficient (Wildman–Crippen LogP) is 2.03. The molecule has 7 nitrogen and oxygen atoms in total. The number of fused-ring (bicyclic) bond motifs is 1. The summed E-state index contributed by atoms with van der Waals surface area (Å²) in [5, 5.41) is 21.8. The topological polar surface area (TPSA) is 121 Å². The lowest BCUT2D eigenvalue weighted by molar-refractivity contribution is -0.155. The fourth-order valence-electron chi connectivity index (χ4n) is 5.88. The van der Waals surface area contributed by atoms with Gasteiger partial charge in [0.15, 0.2) is 0 Å². The summed E-state index contributed by atoms with van der Waals surface area (Å²) in [7, 11) is -1.85. The number of nitrogens with one attached hydrogen (secondary N) is 1. The highest BCUT2D eigenvalue weighted by molar-refractivity contribution is 7.85. The number of carbonyl (C=O) groups is 3. The first-order valence-corrected chi connectivity index (χ1v) is 10.7. The highest BCUT2D eigenvalue weighted by Crippen LogP contribution is 2.77. The van der Waals surface area contributed by atoms with Gasteiger partial charge >= 0.3 is 11.9 Å². The average Bonchev–Trinajstić information content (AvgIpc) is 3.27. The quantitative estimate of drug-likeness (QED) is 0.615. The largest absolute Gasteiger partial charge is 0.481 e. The molecule has 1 aromatic rings. The van der Waals surface area contributed by atoms with Gasteiger partial charge < -0.3 is 15.5 Å². The SMILES string of the molecule is CCC1C(S(=O)c2cccc(F)c2)C2C(C(=O)O)C2(CC)C1(NC(C)=O)C(=O)O. The number of rotatable bonds is 7. The van der Waals surface area contributed by atoms with Gasteiger partial charge in [0, 0.05) is 28.4 Å². The van der Waals surface area contributed by atoms with Gasteiger partial charge in [-0.15, -0.1) is 0 Å². The van der Waals surface area contributed by atoms with Crippen molar-refractivity contribution in [3.8, 4) is 0 Å². The third-order valence-corrected chi connectivity index (χ3v) is 8.55. The van der Waals surface area contributed by atoms with Gasteiger partial charge in [0.25, 0.3) is 0 Å². The Kier molecular flexibility index (Phi) is 5.31. The zero-order chi connectivity index (χ0) is 21.7. The van der Waals surface area contributed by atoms with Crippen molar-refractivity contribution in [2.75, 3.05) is 0 Å². The molecule has 2 aliphatic carbocycles. The first-order valence-electron chi connectivity index (χ1n) is 9.51. The van der Waals surface area contributed by atoms with Crippen LogP contribution in [0.1, 0.15) is 33.6 Å². The van der Waals surface area contributed by atoms with E-state index >= 15 is 0 Å². The minimum atomic E-state index is -1.86. The Hall–Kier alpha value is -2.29. The summed E-state index contributed by atoms with van der Waals surface area (Å²) in [5.41, 5.74) is -3.12. The number of hydrogen-bond acceptors (Lipinski definition) is 4. The fraction of sp³-hybridized carbons (Fsp3) is 0.550. The minimum absolute atomic E-state index is 0.179. The molecule has 1 amide bonds. The molecular weight excluding hydrogens is 401 g/mol. The van der Waals surface area contributed by atoms with Crippen molar-refractivity contribution < 1.29 is 33.2 Å². The first kappa shape index (κ1) is 21.4. The lowest BCUT2D eigenvalue weighted by Crippen LogP contribution is -2.65. The summed E-state index contributed by atoms with van der Waals surface area (Å²) >= 11 is 0. The van der Waals surface area contributed by atoms with Crippen molar-refractivity contribution >= 4 is 28.6 Å². The Morgan fingerprint density at radius 1 is 1.24 bits per heavy atom. The lowest BCUT2D eigenvalue weighted by Gasteiger charge is -2.42. The number of halogens is 1. The third-order valence-electron chi connectivity index (χ3n) is 6.72. The van der Waals surface area contributed by atoms with Crippen LogP contribution in [-0.4, -0.2) is 43.1 Å². The Morgan fingerprint density at radius 3 is 2.34 bits per heavy atom. The molecular formula is C20H24FNO6S. The highest BCUT2D eigenvalue weighted by atomic mass is 32.2. The average molecular weight is 425 g/mol. The maximum atomic E-state index is 13.7. The molecule has 0 bridgehead atoms. The van der Waals surface area contributed by atoms with Crippen LogP contribution in [0, 0.1) is 29.0 Å². The Balaban J connectivity index is 2.23. The fourth-order valence-corrected chi connectivity index (χ4v) is 8.00. The van der Waals surface area contributed by atoms with Crippen molar-refractivity contribution in [1.82, 2.24) is 5.32 Å². The van der Waals surface area contributed by atoms with Gasteiger partial charge in [-0.25, -0.2) is 9.18 Å². The molecule has 2 saturated carbocycles. The van der Waals surface area contributed by atoms with E-state index in [2.05, 4.69) is 5.32 Å². The standard InChI is InChI=1S/C20H24FNO6S/c1-4-13-16(29(28)12-8-6-7-11(21)9-12)14-15(17(24)25)19(14,5-2)20(13,18(26)27)22-10(3)23/h6-9,13-16H,4-5H2,1-3H3,(H,22,23)(H,24,25)(H,26,27). The molecule has 29 heavy (non-hydrogen) atoms. The predicted molar refractivity (Wildman–Crippen MR) is 102 cm³/mol. The monoisotopic (exact) mass is 425 g/mol. The van der Waals surface area contributed by atoms with Gasteiger partial charge in [-0.3, -0.25) is 13.8 Å². The van der Waals surface area contributed by atoms with E-state index in [-0.39, 0.29) is 17.7 Å². The lowest BCUT2D eigenvalue weighted by atomic mass is 9.70. The van der Waals surface area contributed by atoms with Gasteiger partial charge in [0.05, 0.1) is 16.7 Å². The van der Waals surface area contributed by atoms with Crippen LogP contribution in [-0.2, 0) is 25.2 Å². The summed E-state index contributed by atoms with van der Waals surface area (Å²) < 4.78 is 27.2. The van der Waals surface area contributed by atoms with Crippen LogP contribution < -0.4 is 5.32 Å². The van der Waals surface area contributed by atoms with Gasteiger partial charge in [0.1, 0.15) is 11.4 Å². The molecule has 0 aromatic heterocycles. The van der Waals surface area contributed by atoms with Crippen LogP contribution in [0.15, 0.2) is 29.2 Å². The smallest absolute Gasteiger partial charge is 0.330 e. The van der Waals surface area contributed by atoms with E-state index in [4.69, 9.17) is 0 Å². The molecule has 7 atom stereocenters. The maximum absolute atomic E-state index is 13.7. The molecule has 2 fully saturated rings. The van der Waals surface area contributed by atoms with E-state index in [0.29, 0.717) is 0 Å². The minimum Gasteiger partial charge on any atom is -0.481 e. The summed E-state index contributed by atoms with van der Waals surface area (Å²) in [5.74, 6) is -6.21. The number of amides is 1. The van der Waals surface area contributed by atoms with Gasteiger partial charge in [0.2, 0.25) is 5.91 Å². The summed E-state index contributed by atoms with van der Waals surface area (Å²) in [6.07, 6.45) is 0.456. The van der Waals surface area contributed by atoms with Crippen LogP contribution in [0.3, 0.4) is 0 Å². The van der Waals surface area contributed by atoms with Crippen LogP contribution in [0.5, 0.6) is 0 Å². The number of aliphatic carboxylic acids is 2. The molecule has 0 aliphatic heterocycles. The van der Waals surface area contributed by atoms with Crippen molar-refractivity contribution in [1.29, 1.82) is 0 Å². The van der Waals surface area contributed by atoms with E-state index in [1.54, 1.807) is 13.8 Å². The molecule has 0 saturated heterocycles. The second-order valence-electron chi connectivity index (χ2n) is 7.76. The van der Waals surface area contributed by atoms with Crippen molar-refractivity contribution in [2.24, 2.45) is 23.2 Å². The molecule has 2 aliphatic rings. The van der Waals surface area contributed by atoms with Gasteiger partial charge in [-0.2, -0.15) is 0 Å². The van der Waals surface area contributed by atoms with Crippen LogP contribution in [0.2, 0.25) is 0 Å². The van der Waals surface area contributed by atoms with E-state index in [0.717, 1.165) is 6.07 Å². The van der Waals surface area contributed by atoms with Crippen LogP contribution in [0.25, 0.3) is 0 Å². The zero-order valence-electron chi connectivity index (χ0n) is 16.3. The van der Waals surface area contributed by atoms with Gasteiger partial charge in [-0.05, 0) is 37.0 Å². The van der Waals surface area contributed by atoms with E-state index in [9.17, 15) is 33.2 Å². The zero-order valence-corrected chi connectivity index (χ0v) is 17.2. The van der Waals surface area contributed by atoms with Crippen LogP contribution >= 0.6 is 0 Å². The van der Waals surface area contributed by atoms with Crippen molar-refractivity contribution in [2.45, 2.75) is 49.3 Å². The highest BCUT2D eigenvalue weighted by Gasteiger charge is 2.88. The second-order valence-corrected chi connectivity index (χ2v) is 9.37. The Bertz CT molecular complexity index is 907. The van der Waals surface area contributed by atoms with Crippen molar-refractivity contribution in [3.63, 3.8) is 0 Å². The van der Waals surface area contributed by atoms with Crippen molar-refractivity contribution in [3.05, 3.63) is 30.1 Å². The summed E-state index contributed by atoms with van der Waals surface area (Å²) in [6, 6.07) is 5.22. The number of carbonyl (C=O) groups excluding carboxylic acids is 1. The molecule has 0 radical (unpaired) electrons. The van der Waals surface area contributed by atoms with E-state index in [1.165, 1.54) is 25.1 Å². The molecule has 9 heteroatoms. The number of carboxylic acids is 2. The van der Waals surface area contributed by atoms with Crippen LogP contribution in [0.4, 0.5) is 4.39 Å². The Labute approximate surface area is 170 Å². The third kappa shape index (κ3) is 2.73. The second kappa shape index (κ2) is 7.19. The summed E-state index contributed by atoms with van der Waals surface area (Å²) in [4.78, 5) is 36.8. The number of benzene rings is 1. The Morgan fingerprint density at radius 2 is 1.90 bits per heavy atom. The molecule has 7 unspecified atom stereocenters. The summed E-state index contributed by atoms with van der Waals surface area (Å²) in [6.45, 7) is 4.60. The van der Waals surface area contributed by atoms with E-state index < -0.39 is 68.4 Å². The molecule has 3 rings (SSSR count). The maximum Gasteiger partial charge on any atom is 0.330 e. The van der Waals surface area contributed by atoms with E-state index in [1.807, 2.05) is 0 Å². The first-order chi connectivity index (χ1) is 13.6. The number of carboxylic acid groups (broad SMARTS) is 2. The molecule has 158 valence electrons. The molecule has 3 N–H and O–H groups in total. The van der Waals surface area contributed by atoms with Gasteiger partial charge in [-0.1, -0.05) is 19.9 Å².